The molecule has 0 saturated heterocycles. The summed E-state index contributed by atoms with van der Waals surface area (Å²) < 4.78 is 5.00. The maximum absolute atomic E-state index is 11.2. The summed E-state index contributed by atoms with van der Waals surface area (Å²) in [6, 6.07) is 3.21. The molecule has 2 rings (SSSR count). The van der Waals surface area contributed by atoms with Gasteiger partial charge in [-0.15, -0.1) is 0 Å². The van der Waals surface area contributed by atoms with Gasteiger partial charge >= 0.3 is 5.97 Å². The summed E-state index contributed by atoms with van der Waals surface area (Å²) in [5, 5.41) is 9.81. The first-order valence-corrected chi connectivity index (χ1v) is 7.96. The van der Waals surface area contributed by atoms with Crippen molar-refractivity contribution >= 4 is 29.3 Å². The molecule has 0 radical (unpaired) electrons. The average Bonchev–Trinajstić information content (AvgIpc) is 2.86. The van der Waals surface area contributed by atoms with Crippen molar-refractivity contribution in [2.45, 2.75) is 42.5 Å². The van der Waals surface area contributed by atoms with Gasteiger partial charge in [0.05, 0.1) is 5.56 Å². The Morgan fingerprint density at radius 2 is 2.15 bits per heavy atom. The van der Waals surface area contributed by atoms with E-state index < -0.39 is 5.97 Å². The van der Waals surface area contributed by atoms with Crippen LogP contribution in [0.3, 0.4) is 0 Å². The van der Waals surface area contributed by atoms with Crippen LogP contribution in [0.4, 0.5) is 0 Å². The Hall–Kier alpha value is -1.47. The smallest absolute Gasteiger partial charge is 0.335 e. The van der Waals surface area contributed by atoms with Gasteiger partial charge in [0, 0.05) is 12.1 Å². The fourth-order valence-corrected chi connectivity index (χ4v) is 3.33. The Bertz CT molecular complexity index is 613. The fraction of sp³-hybridized carbons (Fsp3) is 0.385. The molecule has 0 amide bonds. The number of pyridine rings is 1. The minimum absolute atomic E-state index is 0.270. The highest BCUT2D eigenvalue weighted by atomic mass is 32.2. The van der Waals surface area contributed by atoms with Gasteiger partial charge in [-0.25, -0.2) is 14.8 Å². The molecule has 0 aliphatic rings. The second-order valence-corrected chi connectivity index (χ2v) is 6.19. The van der Waals surface area contributed by atoms with Crippen molar-refractivity contribution in [3.05, 3.63) is 29.2 Å². The molecular formula is C13H15N3O2S2. The summed E-state index contributed by atoms with van der Waals surface area (Å²) in [5.74, 6) is -0.126. The van der Waals surface area contributed by atoms with Gasteiger partial charge < -0.3 is 5.11 Å². The van der Waals surface area contributed by atoms with Crippen LogP contribution in [0.15, 0.2) is 21.5 Å². The SMILES string of the molecule is CCCc1cc(C(=O)O)cc(Sc2nc(CC)ns2)n1. The summed E-state index contributed by atoms with van der Waals surface area (Å²) in [5.41, 5.74) is 1.07. The van der Waals surface area contributed by atoms with Crippen molar-refractivity contribution < 1.29 is 9.90 Å². The van der Waals surface area contributed by atoms with Crippen LogP contribution < -0.4 is 0 Å². The topological polar surface area (TPSA) is 76.0 Å². The van der Waals surface area contributed by atoms with Gasteiger partial charge in [0.2, 0.25) is 0 Å². The van der Waals surface area contributed by atoms with Crippen LogP contribution in [0.5, 0.6) is 0 Å². The van der Waals surface area contributed by atoms with E-state index in [2.05, 4.69) is 14.3 Å². The van der Waals surface area contributed by atoms with E-state index in [9.17, 15) is 4.79 Å². The number of aryl methyl sites for hydroxylation is 2. The molecule has 0 aromatic carbocycles. The lowest BCUT2D eigenvalue weighted by atomic mass is 10.2. The Morgan fingerprint density at radius 1 is 1.35 bits per heavy atom. The van der Waals surface area contributed by atoms with E-state index in [-0.39, 0.29) is 5.56 Å². The highest BCUT2D eigenvalue weighted by molar-refractivity contribution is 8.00. The summed E-state index contributed by atoms with van der Waals surface area (Å²) in [7, 11) is 0. The highest BCUT2D eigenvalue weighted by Gasteiger charge is 2.11. The molecule has 7 heteroatoms. The third-order valence-electron chi connectivity index (χ3n) is 2.57. The Kier molecular flexibility index (Phi) is 5.08. The first-order valence-electron chi connectivity index (χ1n) is 6.37. The molecule has 0 fully saturated rings. The number of aromatic nitrogens is 3. The zero-order valence-corrected chi connectivity index (χ0v) is 12.9. The van der Waals surface area contributed by atoms with Gasteiger partial charge in [0.25, 0.3) is 0 Å². The molecule has 0 aliphatic carbocycles. The molecule has 2 aromatic heterocycles. The molecule has 0 bridgehead atoms. The van der Waals surface area contributed by atoms with E-state index in [1.807, 2.05) is 13.8 Å². The van der Waals surface area contributed by atoms with Gasteiger partial charge in [-0.05, 0) is 41.8 Å². The number of aromatic carboxylic acids is 1. The first-order chi connectivity index (χ1) is 9.62. The number of carboxylic acids is 1. The van der Waals surface area contributed by atoms with Crippen LogP contribution in [0.25, 0.3) is 0 Å². The predicted octanol–water partition coefficient (Wildman–Crippen LogP) is 3.30. The van der Waals surface area contributed by atoms with Gasteiger partial charge in [-0.1, -0.05) is 20.3 Å². The maximum Gasteiger partial charge on any atom is 0.335 e. The van der Waals surface area contributed by atoms with Crippen molar-refractivity contribution in [2.24, 2.45) is 0 Å². The minimum Gasteiger partial charge on any atom is -0.478 e. The molecule has 5 nitrogen and oxygen atoms in total. The van der Waals surface area contributed by atoms with Crippen LogP contribution in [0.1, 0.15) is 42.1 Å². The Morgan fingerprint density at radius 3 is 2.75 bits per heavy atom. The monoisotopic (exact) mass is 309 g/mol. The third-order valence-corrected chi connectivity index (χ3v) is 4.27. The summed E-state index contributed by atoms with van der Waals surface area (Å²) in [4.78, 5) is 20.0. The second-order valence-electron chi connectivity index (χ2n) is 4.17. The van der Waals surface area contributed by atoms with Gasteiger partial charge in [-0.2, -0.15) is 4.37 Å². The molecule has 0 spiro atoms. The lowest BCUT2D eigenvalue weighted by molar-refractivity contribution is 0.0696. The number of hydrogen-bond donors (Lipinski definition) is 1. The number of hydrogen-bond acceptors (Lipinski definition) is 6. The van der Waals surface area contributed by atoms with E-state index in [0.717, 1.165) is 35.1 Å². The van der Waals surface area contributed by atoms with E-state index in [0.29, 0.717) is 5.03 Å². The van der Waals surface area contributed by atoms with Gasteiger partial charge in [0.15, 0.2) is 4.34 Å². The van der Waals surface area contributed by atoms with Crippen LogP contribution in [0.2, 0.25) is 0 Å². The molecule has 1 N–H and O–H groups in total. The number of rotatable bonds is 6. The zero-order valence-electron chi connectivity index (χ0n) is 11.3. The summed E-state index contributed by atoms with van der Waals surface area (Å²) in [6.45, 7) is 4.04. The minimum atomic E-state index is -0.932. The van der Waals surface area contributed by atoms with Crippen LogP contribution in [-0.4, -0.2) is 25.4 Å². The second kappa shape index (κ2) is 6.81. The molecular weight excluding hydrogens is 294 g/mol. The van der Waals surface area contributed by atoms with Crippen LogP contribution >= 0.6 is 23.3 Å². The van der Waals surface area contributed by atoms with E-state index >= 15 is 0 Å². The van der Waals surface area contributed by atoms with E-state index in [1.54, 1.807) is 12.1 Å². The standard InChI is InChI=1S/C13H15N3O2S2/c1-3-5-9-6-8(12(17)18)7-11(14-9)19-13-15-10(4-2)16-20-13/h6-7H,3-5H2,1-2H3,(H,17,18). The van der Waals surface area contributed by atoms with Gasteiger partial charge in [0.1, 0.15) is 10.9 Å². The molecule has 0 atom stereocenters. The molecule has 20 heavy (non-hydrogen) atoms. The van der Waals surface area contributed by atoms with Crippen molar-refractivity contribution in [3.8, 4) is 0 Å². The van der Waals surface area contributed by atoms with E-state index in [4.69, 9.17) is 5.11 Å². The van der Waals surface area contributed by atoms with Crippen molar-refractivity contribution in [1.82, 2.24) is 14.3 Å². The lowest BCUT2D eigenvalue weighted by Crippen LogP contribution is -2.01. The summed E-state index contributed by atoms with van der Waals surface area (Å²) in [6.07, 6.45) is 2.49. The molecule has 2 heterocycles. The largest absolute Gasteiger partial charge is 0.478 e. The number of nitrogens with zero attached hydrogens (tertiary/aromatic N) is 3. The fourth-order valence-electron chi connectivity index (χ4n) is 1.63. The molecule has 2 aromatic rings. The number of carboxylic acid groups (broad SMARTS) is 1. The van der Waals surface area contributed by atoms with Crippen molar-refractivity contribution in [1.29, 1.82) is 0 Å². The highest BCUT2D eigenvalue weighted by Crippen LogP contribution is 2.28. The predicted molar refractivity (Wildman–Crippen MR) is 78.6 cm³/mol. The lowest BCUT2D eigenvalue weighted by Gasteiger charge is -2.04. The number of carbonyl (C=O) groups is 1. The molecule has 0 unspecified atom stereocenters. The Labute approximate surface area is 125 Å². The average molecular weight is 309 g/mol. The molecule has 0 aliphatic heterocycles. The third kappa shape index (κ3) is 3.77. The van der Waals surface area contributed by atoms with Crippen LogP contribution in [0, 0.1) is 0 Å². The quantitative estimate of drug-likeness (QED) is 0.882. The van der Waals surface area contributed by atoms with Gasteiger partial charge in [-0.3, -0.25) is 0 Å². The maximum atomic E-state index is 11.2. The van der Waals surface area contributed by atoms with E-state index in [1.165, 1.54) is 23.3 Å². The van der Waals surface area contributed by atoms with Crippen molar-refractivity contribution in [2.75, 3.05) is 0 Å². The van der Waals surface area contributed by atoms with Crippen molar-refractivity contribution in [3.63, 3.8) is 0 Å². The van der Waals surface area contributed by atoms with Crippen LogP contribution in [-0.2, 0) is 12.8 Å². The zero-order chi connectivity index (χ0) is 14.5. The molecule has 106 valence electrons. The normalized spacial score (nSPS) is 10.7. The first kappa shape index (κ1) is 14.9. The Balaban J connectivity index is 2.27. The summed E-state index contributed by atoms with van der Waals surface area (Å²) >= 11 is 2.68. The molecule has 0 saturated carbocycles.